The highest BCUT2D eigenvalue weighted by molar-refractivity contribution is 5.69. The molecule has 1 amide bonds. The number of carbonyl (C=O) groups is 1. The maximum Gasteiger partial charge on any atom is 0.410 e. The number of likely N-dealkylation sites (tertiary alicyclic amines) is 1. The second-order valence-electron chi connectivity index (χ2n) is 6.66. The lowest BCUT2D eigenvalue weighted by molar-refractivity contribution is 0.0148. The van der Waals surface area contributed by atoms with E-state index in [1.165, 1.54) is 0 Å². The highest BCUT2D eigenvalue weighted by atomic mass is 16.7. The number of pyridine rings is 1. The number of nitrogens with zero attached hydrogens (tertiary/aromatic N) is 2. The Morgan fingerprint density at radius 1 is 1.52 bits per heavy atom. The summed E-state index contributed by atoms with van der Waals surface area (Å²) in [5.41, 5.74) is 3.06. The first-order valence-electron chi connectivity index (χ1n) is 7.19. The number of hydroxylamine groups is 1. The molecule has 0 radical (unpaired) electrons. The maximum atomic E-state index is 12.3. The minimum Gasteiger partial charge on any atom is -0.444 e. The van der Waals surface area contributed by atoms with Crippen LogP contribution in [-0.4, -0.2) is 41.3 Å². The Labute approximate surface area is 124 Å². The fraction of sp³-hybridized carbons (Fsp3) is 0.600. The van der Waals surface area contributed by atoms with Crippen LogP contribution in [0.4, 0.5) is 4.79 Å². The van der Waals surface area contributed by atoms with E-state index in [1.807, 2.05) is 39.0 Å². The number of amides is 1. The molecule has 2 saturated heterocycles. The van der Waals surface area contributed by atoms with Crippen LogP contribution in [0, 0.1) is 5.92 Å². The second kappa shape index (κ2) is 4.96. The Morgan fingerprint density at radius 2 is 2.33 bits per heavy atom. The van der Waals surface area contributed by atoms with Crippen LogP contribution < -0.4 is 5.48 Å². The molecule has 114 valence electrons. The molecular formula is C15H21N3O3. The lowest BCUT2D eigenvalue weighted by Crippen LogP contribution is -2.45. The molecule has 0 bridgehead atoms. The van der Waals surface area contributed by atoms with Gasteiger partial charge in [-0.1, -0.05) is 6.07 Å². The van der Waals surface area contributed by atoms with Crippen LogP contribution in [0.5, 0.6) is 0 Å². The number of ether oxygens (including phenoxy) is 1. The molecule has 0 aliphatic carbocycles. The standard InChI is InChI=1S/C15H21N3O3/c1-14(2,3)21-13(19)18-8-11-9-20-17-15(11,10-18)12-6-4-5-7-16-12/h4-7,11,17H,8-10H2,1-3H3. The fourth-order valence-electron chi connectivity index (χ4n) is 2.93. The molecule has 2 aliphatic rings. The lowest BCUT2D eigenvalue weighted by Gasteiger charge is -2.28. The third-order valence-electron chi connectivity index (χ3n) is 3.89. The molecule has 2 fully saturated rings. The van der Waals surface area contributed by atoms with Crippen molar-refractivity contribution >= 4 is 6.09 Å². The third kappa shape index (κ3) is 2.61. The van der Waals surface area contributed by atoms with E-state index in [-0.39, 0.29) is 12.0 Å². The Hall–Kier alpha value is -1.66. The average Bonchev–Trinajstić information content (AvgIpc) is 2.95. The monoisotopic (exact) mass is 291 g/mol. The number of hydrogen-bond acceptors (Lipinski definition) is 5. The van der Waals surface area contributed by atoms with Gasteiger partial charge < -0.3 is 14.5 Å². The summed E-state index contributed by atoms with van der Waals surface area (Å²) in [6.45, 7) is 7.30. The van der Waals surface area contributed by atoms with E-state index in [9.17, 15) is 4.79 Å². The molecule has 0 spiro atoms. The molecule has 6 nitrogen and oxygen atoms in total. The topological polar surface area (TPSA) is 63.7 Å². The Bertz CT molecular complexity index is 529. The molecule has 1 N–H and O–H groups in total. The minimum atomic E-state index is -0.489. The van der Waals surface area contributed by atoms with Crippen LogP contribution in [-0.2, 0) is 15.1 Å². The smallest absolute Gasteiger partial charge is 0.410 e. The first-order chi connectivity index (χ1) is 9.91. The quantitative estimate of drug-likeness (QED) is 0.853. The van der Waals surface area contributed by atoms with Crippen molar-refractivity contribution in [1.29, 1.82) is 0 Å². The van der Waals surface area contributed by atoms with Crippen molar-refractivity contribution in [3.8, 4) is 0 Å². The van der Waals surface area contributed by atoms with E-state index >= 15 is 0 Å². The second-order valence-corrected chi connectivity index (χ2v) is 6.66. The summed E-state index contributed by atoms with van der Waals surface area (Å²) in [7, 11) is 0. The number of fused-ring (bicyclic) bond motifs is 1. The highest BCUT2D eigenvalue weighted by Gasteiger charge is 2.54. The fourth-order valence-corrected chi connectivity index (χ4v) is 2.93. The molecule has 0 saturated carbocycles. The summed E-state index contributed by atoms with van der Waals surface area (Å²) < 4.78 is 5.47. The minimum absolute atomic E-state index is 0.180. The van der Waals surface area contributed by atoms with Gasteiger partial charge in [0.05, 0.1) is 18.8 Å². The largest absolute Gasteiger partial charge is 0.444 e. The molecule has 3 heterocycles. The molecule has 2 atom stereocenters. The van der Waals surface area contributed by atoms with Gasteiger partial charge in [-0.05, 0) is 32.9 Å². The van der Waals surface area contributed by atoms with Gasteiger partial charge in [0.1, 0.15) is 11.1 Å². The Kier molecular flexibility index (Phi) is 3.37. The Balaban J connectivity index is 1.81. The van der Waals surface area contributed by atoms with Crippen LogP contribution in [0.15, 0.2) is 24.4 Å². The predicted octanol–water partition coefficient (Wildman–Crippen LogP) is 1.68. The zero-order chi connectivity index (χ0) is 15.1. The highest BCUT2D eigenvalue weighted by Crippen LogP contribution is 2.40. The zero-order valence-corrected chi connectivity index (χ0v) is 12.6. The van der Waals surface area contributed by atoms with Crippen molar-refractivity contribution in [3.63, 3.8) is 0 Å². The molecule has 1 aromatic rings. The van der Waals surface area contributed by atoms with Crippen LogP contribution in [0.2, 0.25) is 0 Å². The normalized spacial score (nSPS) is 28.5. The van der Waals surface area contributed by atoms with Crippen molar-refractivity contribution in [3.05, 3.63) is 30.1 Å². The van der Waals surface area contributed by atoms with E-state index in [1.54, 1.807) is 11.1 Å². The van der Waals surface area contributed by atoms with Gasteiger partial charge in [0.2, 0.25) is 0 Å². The van der Waals surface area contributed by atoms with Gasteiger partial charge in [-0.25, -0.2) is 4.79 Å². The molecule has 2 aliphatic heterocycles. The predicted molar refractivity (Wildman–Crippen MR) is 76.3 cm³/mol. The molecule has 6 heteroatoms. The van der Waals surface area contributed by atoms with Gasteiger partial charge in [-0.3, -0.25) is 4.98 Å². The summed E-state index contributed by atoms with van der Waals surface area (Å²) in [6, 6.07) is 5.79. The molecule has 1 aromatic heterocycles. The van der Waals surface area contributed by atoms with Crippen molar-refractivity contribution in [2.75, 3.05) is 19.7 Å². The first-order valence-corrected chi connectivity index (χ1v) is 7.19. The number of hydrogen-bond donors (Lipinski definition) is 1. The zero-order valence-electron chi connectivity index (χ0n) is 12.6. The SMILES string of the molecule is CC(C)(C)OC(=O)N1CC2CONC2(c2ccccn2)C1. The van der Waals surface area contributed by atoms with Crippen molar-refractivity contribution in [1.82, 2.24) is 15.4 Å². The third-order valence-corrected chi connectivity index (χ3v) is 3.89. The molecule has 2 unspecified atom stereocenters. The van der Waals surface area contributed by atoms with Gasteiger partial charge in [0, 0.05) is 18.7 Å². The number of carbonyl (C=O) groups excluding carboxylic acids is 1. The maximum absolute atomic E-state index is 12.3. The number of nitrogens with one attached hydrogen (secondary N) is 1. The Morgan fingerprint density at radius 3 is 3.00 bits per heavy atom. The van der Waals surface area contributed by atoms with E-state index < -0.39 is 11.1 Å². The van der Waals surface area contributed by atoms with E-state index in [2.05, 4.69) is 10.5 Å². The summed E-state index contributed by atoms with van der Waals surface area (Å²) in [6.07, 6.45) is 1.48. The van der Waals surface area contributed by atoms with Gasteiger partial charge in [0.25, 0.3) is 0 Å². The van der Waals surface area contributed by atoms with Gasteiger partial charge in [0.15, 0.2) is 0 Å². The van der Waals surface area contributed by atoms with Crippen LogP contribution >= 0.6 is 0 Å². The van der Waals surface area contributed by atoms with Crippen molar-refractivity contribution < 1.29 is 14.4 Å². The van der Waals surface area contributed by atoms with E-state index in [0.717, 1.165) is 5.69 Å². The van der Waals surface area contributed by atoms with Crippen LogP contribution in [0.1, 0.15) is 26.5 Å². The summed E-state index contributed by atoms with van der Waals surface area (Å²) >= 11 is 0. The van der Waals surface area contributed by atoms with E-state index in [4.69, 9.17) is 9.57 Å². The first kappa shape index (κ1) is 14.3. The molecule has 3 rings (SSSR count). The van der Waals surface area contributed by atoms with Crippen molar-refractivity contribution in [2.24, 2.45) is 5.92 Å². The van der Waals surface area contributed by atoms with Gasteiger partial charge in [-0.2, -0.15) is 5.48 Å². The van der Waals surface area contributed by atoms with Gasteiger partial charge in [-0.15, -0.1) is 0 Å². The lowest BCUT2D eigenvalue weighted by atomic mass is 9.86. The number of aromatic nitrogens is 1. The molecule has 21 heavy (non-hydrogen) atoms. The van der Waals surface area contributed by atoms with Gasteiger partial charge >= 0.3 is 6.09 Å². The van der Waals surface area contributed by atoms with Crippen LogP contribution in [0.3, 0.4) is 0 Å². The number of rotatable bonds is 1. The average molecular weight is 291 g/mol. The van der Waals surface area contributed by atoms with E-state index in [0.29, 0.717) is 19.7 Å². The molecular weight excluding hydrogens is 270 g/mol. The molecule has 0 aromatic carbocycles. The van der Waals surface area contributed by atoms with Crippen molar-refractivity contribution in [2.45, 2.75) is 31.9 Å². The summed E-state index contributed by atoms with van der Waals surface area (Å²) in [5, 5.41) is 0. The van der Waals surface area contributed by atoms with Crippen LogP contribution in [0.25, 0.3) is 0 Å². The summed E-state index contributed by atoms with van der Waals surface area (Å²) in [4.78, 5) is 23.9. The summed E-state index contributed by atoms with van der Waals surface area (Å²) in [5.74, 6) is 0.180.